The van der Waals surface area contributed by atoms with Gasteiger partial charge in [-0.1, -0.05) is 12.1 Å². The van der Waals surface area contributed by atoms with E-state index in [2.05, 4.69) is 5.16 Å². The van der Waals surface area contributed by atoms with Crippen molar-refractivity contribution < 1.29 is 10.0 Å². The molecular formula is C8H9NO2. The van der Waals surface area contributed by atoms with Crippen LogP contribution in [0.5, 0.6) is 0 Å². The third kappa shape index (κ3) is 1.55. The highest BCUT2D eigenvalue weighted by molar-refractivity contribution is 6.18. The molecule has 0 aromatic rings. The molecule has 0 unspecified atom stereocenters. The molecule has 0 radical (unpaired) electrons. The van der Waals surface area contributed by atoms with Crippen LogP contribution in [0.15, 0.2) is 29.0 Å². The first-order valence-corrected chi connectivity index (χ1v) is 3.43. The third-order valence-electron chi connectivity index (χ3n) is 1.54. The monoisotopic (exact) mass is 151 g/mol. The summed E-state index contributed by atoms with van der Waals surface area (Å²) >= 11 is 0. The number of allylic oxidation sites excluding steroid dienone is 4. The van der Waals surface area contributed by atoms with Crippen LogP contribution < -0.4 is 0 Å². The Morgan fingerprint density at radius 2 is 2.27 bits per heavy atom. The highest BCUT2D eigenvalue weighted by Gasteiger charge is 2.09. The van der Waals surface area contributed by atoms with E-state index in [1.54, 1.807) is 6.08 Å². The zero-order valence-electron chi connectivity index (χ0n) is 6.24. The molecule has 1 N–H and O–H groups in total. The Kier molecular flexibility index (Phi) is 2.21. The maximum absolute atomic E-state index is 11.0. The van der Waals surface area contributed by atoms with Gasteiger partial charge in [0.25, 0.3) is 0 Å². The van der Waals surface area contributed by atoms with E-state index in [9.17, 15) is 4.79 Å². The number of rotatable bonds is 1. The van der Waals surface area contributed by atoms with Crippen molar-refractivity contribution in [1.82, 2.24) is 0 Å². The van der Waals surface area contributed by atoms with Crippen molar-refractivity contribution in [1.29, 1.82) is 0 Å². The largest absolute Gasteiger partial charge is 0.410 e. The third-order valence-corrected chi connectivity index (χ3v) is 1.54. The predicted molar refractivity (Wildman–Crippen MR) is 41.7 cm³/mol. The topological polar surface area (TPSA) is 49.7 Å². The molecule has 0 aliphatic heterocycles. The minimum absolute atomic E-state index is 0.0000926. The van der Waals surface area contributed by atoms with Gasteiger partial charge in [0, 0.05) is 5.57 Å². The Balaban J connectivity index is 2.93. The molecule has 0 aromatic carbocycles. The van der Waals surface area contributed by atoms with E-state index < -0.39 is 0 Å². The van der Waals surface area contributed by atoms with Gasteiger partial charge in [-0.2, -0.15) is 0 Å². The van der Waals surface area contributed by atoms with Gasteiger partial charge in [0.05, 0.1) is 0 Å². The molecule has 1 aliphatic carbocycles. The van der Waals surface area contributed by atoms with Gasteiger partial charge in [-0.3, -0.25) is 4.79 Å². The standard InChI is InChI=1S/C8H9NO2/c1-2-6-5-7(9-11)3-4-8(6)10/h3-5,11H,2H2,1H3/b9-7+. The summed E-state index contributed by atoms with van der Waals surface area (Å²) in [6, 6.07) is 0. The number of hydrogen-bond donors (Lipinski definition) is 1. The van der Waals surface area contributed by atoms with Crippen LogP contribution in [0.1, 0.15) is 13.3 Å². The molecule has 0 saturated carbocycles. The van der Waals surface area contributed by atoms with Crippen LogP contribution >= 0.6 is 0 Å². The smallest absolute Gasteiger partial charge is 0.181 e. The van der Waals surface area contributed by atoms with Crippen LogP contribution in [0.3, 0.4) is 0 Å². The van der Waals surface area contributed by atoms with Crippen LogP contribution in [0.4, 0.5) is 0 Å². The summed E-state index contributed by atoms with van der Waals surface area (Å²) in [7, 11) is 0. The maximum atomic E-state index is 11.0. The van der Waals surface area contributed by atoms with Crippen molar-refractivity contribution in [3.63, 3.8) is 0 Å². The van der Waals surface area contributed by atoms with Gasteiger partial charge in [0.1, 0.15) is 5.71 Å². The lowest BCUT2D eigenvalue weighted by Gasteiger charge is -2.03. The van der Waals surface area contributed by atoms with Gasteiger partial charge < -0.3 is 5.21 Å². The van der Waals surface area contributed by atoms with Crippen molar-refractivity contribution in [3.8, 4) is 0 Å². The fourth-order valence-electron chi connectivity index (χ4n) is 0.904. The van der Waals surface area contributed by atoms with E-state index in [1.807, 2.05) is 6.92 Å². The lowest BCUT2D eigenvalue weighted by atomic mass is 10.0. The van der Waals surface area contributed by atoms with E-state index in [-0.39, 0.29) is 5.78 Å². The zero-order chi connectivity index (χ0) is 8.27. The van der Waals surface area contributed by atoms with E-state index in [0.29, 0.717) is 17.7 Å². The highest BCUT2D eigenvalue weighted by atomic mass is 16.4. The molecule has 0 aromatic heterocycles. The van der Waals surface area contributed by atoms with Gasteiger partial charge in [-0.05, 0) is 24.6 Å². The second-order valence-corrected chi connectivity index (χ2v) is 2.25. The summed E-state index contributed by atoms with van der Waals surface area (Å²) in [4.78, 5) is 11.0. The fourth-order valence-corrected chi connectivity index (χ4v) is 0.904. The molecular weight excluding hydrogens is 142 g/mol. The average molecular weight is 151 g/mol. The summed E-state index contributed by atoms with van der Waals surface area (Å²) in [6.45, 7) is 1.89. The second-order valence-electron chi connectivity index (χ2n) is 2.25. The number of nitrogens with zero attached hydrogens (tertiary/aromatic N) is 1. The van der Waals surface area contributed by atoms with E-state index in [1.165, 1.54) is 12.2 Å². The number of carbonyl (C=O) groups excluding carboxylic acids is 1. The number of ketones is 1. The normalized spacial score (nSPS) is 20.6. The maximum Gasteiger partial charge on any atom is 0.181 e. The molecule has 3 nitrogen and oxygen atoms in total. The molecule has 0 spiro atoms. The van der Waals surface area contributed by atoms with Gasteiger partial charge in [-0.25, -0.2) is 0 Å². The lowest BCUT2D eigenvalue weighted by molar-refractivity contribution is -0.111. The Morgan fingerprint density at radius 3 is 2.82 bits per heavy atom. The molecule has 0 heterocycles. The van der Waals surface area contributed by atoms with Crippen LogP contribution in [0.2, 0.25) is 0 Å². The first-order chi connectivity index (χ1) is 5.27. The van der Waals surface area contributed by atoms with Crippen LogP contribution in [0.25, 0.3) is 0 Å². The average Bonchev–Trinajstić information content (AvgIpc) is 2.05. The van der Waals surface area contributed by atoms with Gasteiger partial charge in [0.2, 0.25) is 0 Å². The molecule has 0 amide bonds. The molecule has 0 atom stereocenters. The lowest BCUT2D eigenvalue weighted by Crippen LogP contribution is -2.06. The molecule has 1 rings (SSSR count). The van der Waals surface area contributed by atoms with Crippen molar-refractivity contribution in [2.45, 2.75) is 13.3 Å². The van der Waals surface area contributed by atoms with Crippen LogP contribution in [-0.4, -0.2) is 16.7 Å². The second kappa shape index (κ2) is 3.14. The van der Waals surface area contributed by atoms with E-state index >= 15 is 0 Å². The van der Waals surface area contributed by atoms with Crippen LogP contribution in [-0.2, 0) is 4.79 Å². The number of carbonyl (C=O) groups is 1. The molecule has 0 bridgehead atoms. The molecule has 1 aliphatic rings. The molecule has 3 heteroatoms. The van der Waals surface area contributed by atoms with E-state index in [0.717, 1.165) is 0 Å². The Hall–Kier alpha value is -1.38. The molecule has 0 saturated heterocycles. The van der Waals surface area contributed by atoms with Crippen molar-refractivity contribution in [2.75, 3.05) is 0 Å². The van der Waals surface area contributed by atoms with Gasteiger partial charge in [-0.15, -0.1) is 0 Å². The first-order valence-electron chi connectivity index (χ1n) is 3.43. The fraction of sp³-hybridized carbons (Fsp3) is 0.250. The summed E-state index contributed by atoms with van der Waals surface area (Å²) in [5.74, 6) is -0.0000926. The van der Waals surface area contributed by atoms with Crippen molar-refractivity contribution >= 4 is 11.5 Å². The molecule has 0 fully saturated rings. The Labute approximate surface area is 64.7 Å². The van der Waals surface area contributed by atoms with Crippen molar-refractivity contribution in [3.05, 3.63) is 23.8 Å². The molecule has 11 heavy (non-hydrogen) atoms. The summed E-state index contributed by atoms with van der Waals surface area (Å²) in [6.07, 6.45) is 5.15. The van der Waals surface area contributed by atoms with Crippen molar-refractivity contribution in [2.24, 2.45) is 5.16 Å². The van der Waals surface area contributed by atoms with Gasteiger partial charge in [0.15, 0.2) is 5.78 Å². The first kappa shape index (κ1) is 7.72. The SMILES string of the molecule is CCC1=C/C(=N/O)C=CC1=O. The highest BCUT2D eigenvalue weighted by Crippen LogP contribution is 2.08. The molecule has 58 valence electrons. The summed E-state index contributed by atoms with van der Waals surface area (Å²) in [5, 5.41) is 11.4. The number of oxime groups is 1. The van der Waals surface area contributed by atoms with Gasteiger partial charge >= 0.3 is 0 Å². The minimum atomic E-state index is -0.0000926. The summed E-state index contributed by atoms with van der Waals surface area (Å²) < 4.78 is 0. The quantitative estimate of drug-likeness (QED) is 0.349. The van der Waals surface area contributed by atoms with E-state index in [4.69, 9.17) is 5.21 Å². The predicted octanol–water partition coefficient (Wildman–Crippen LogP) is 1.29. The minimum Gasteiger partial charge on any atom is -0.410 e. The zero-order valence-corrected chi connectivity index (χ0v) is 6.24. The Morgan fingerprint density at radius 1 is 1.55 bits per heavy atom. The number of hydrogen-bond acceptors (Lipinski definition) is 3. The Bertz CT molecular complexity index is 261. The summed E-state index contributed by atoms with van der Waals surface area (Å²) in [5.41, 5.74) is 1.11. The van der Waals surface area contributed by atoms with Crippen LogP contribution in [0, 0.1) is 0 Å².